The Balaban J connectivity index is 0.000000158. The van der Waals surface area contributed by atoms with Crippen LogP contribution in [-0.4, -0.2) is 72.2 Å². The third-order valence-corrected chi connectivity index (χ3v) is 32.3. The first-order chi connectivity index (χ1) is 29.7. The Labute approximate surface area is 384 Å². The van der Waals surface area contributed by atoms with Crippen LogP contribution in [0.25, 0.3) is 10.8 Å². The van der Waals surface area contributed by atoms with Gasteiger partial charge in [-0.05, 0) is 64.0 Å². The molecule has 0 bridgehead atoms. The van der Waals surface area contributed by atoms with Crippen molar-refractivity contribution >= 4 is 67.3 Å². The van der Waals surface area contributed by atoms with E-state index in [1.54, 1.807) is 33.7 Å². The Kier molecular flexibility index (Phi) is 18.1. The zero-order chi connectivity index (χ0) is 44.3. The molecule has 8 rings (SSSR count). The standard InChI is InChI=1S/C17H20F2N4S.C11H14ClF2N3.C6H6NS.3C4H9.Sn/c1-10-8-14(21-12-4-6-17(18,19)7-5-12)23-15(20-10)16-22-13(9-24-16)11-2-3-11;1-7-6-9(17-10(12)15-7)16-8-2-4-11(13,14)5-3-8;1-2-5(1)6-3-8-4-7-6;3*1-3-4-2;/h8-9,11-12H,2-7H2,1H3,(H,20,21,23);6,8H,2-5H2,1H3,(H,15,16,17);3,5H,1-2H2;3*1,3-4H2,2H3;. The summed E-state index contributed by atoms with van der Waals surface area (Å²) in [7, 11) is 0. The molecule has 4 heterocycles. The number of hydrogen-bond donors (Lipinski definition) is 2. The number of aromatic nitrogens is 6. The minimum atomic E-state index is -2.51. The third-order valence-electron chi connectivity index (χ3n) is 12.5. The third kappa shape index (κ3) is 15.2. The van der Waals surface area contributed by atoms with E-state index in [1.165, 1.54) is 69.9 Å². The smallest absolute Gasteiger partial charge is 0.248 e. The molecular formula is C46H67ClF4N8S2Sn. The molecule has 2 N–H and O–H groups in total. The van der Waals surface area contributed by atoms with Crippen LogP contribution in [0.1, 0.15) is 171 Å². The predicted octanol–water partition coefficient (Wildman–Crippen LogP) is 14.3. The second-order valence-corrected chi connectivity index (χ2v) is 34.3. The first kappa shape index (κ1) is 49.3. The fourth-order valence-corrected chi connectivity index (χ4v) is 28.9. The largest absolute Gasteiger partial charge is 0.367 e. The van der Waals surface area contributed by atoms with Crippen molar-refractivity contribution in [1.29, 1.82) is 0 Å². The summed E-state index contributed by atoms with van der Waals surface area (Å²) in [6.45, 7) is 10.8. The molecule has 0 aromatic carbocycles. The molecule has 0 atom stereocenters. The molecule has 62 heavy (non-hydrogen) atoms. The Bertz CT molecular complexity index is 1950. The van der Waals surface area contributed by atoms with Crippen molar-refractivity contribution in [3.05, 3.63) is 51.0 Å². The number of nitrogens with zero attached hydrogens (tertiary/aromatic N) is 6. The average Bonchev–Trinajstić information content (AvgIpc) is 4.17. The van der Waals surface area contributed by atoms with E-state index in [0.717, 1.165) is 28.0 Å². The number of halogens is 5. The second kappa shape index (κ2) is 22.8. The minimum absolute atomic E-state index is 0.0417. The first-order valence-electron chi connectivity index (χ1n) is 23.3. The van der Waals surface area contributed by atoms with Crippen molar-refractivity contribution in [2.45, 2.75) is 199 Å². The zero-order valence-electron chi connectivity index (χ0n) is 37.4. The molecular weight excluding hydrogens is 959 g/mol. The van der Waals surface area contributed by atoms with E-state index in [0.29, 0.717) is 49.1 Å². The van der Waals surface area contributed by atoms with Gasteiger partial charge in [0.2, 0.25) is 17.1 Å². The normalized spacial score (nSPS) is 18.9. The number of nitrogens with one attached hydrogen (secondary N) is 2. The maximum atomic E-state index is 13.3. The molecule has 342 valence electrons. The van der Waals surface area contributed by atoms with Gasteiger partial charge >= 0.3 is 140 Å². The van der Waals surface area contributed by atoms with Crippen molar-refractivity contribution in [2.24, 2.45) is 0 Å². The quantitative estimate of drug-likeness (QED) is 0.0613. The van der Waals surface area contributed by atoms with Crippen molar-refractivity contribution in [3.8, 4) is 10.8 Å². The van der Waals surface area contributed by atoms with Crippen LogP contribution in [0.5, 0.6) is 0 Å². The van der Waals surface area contributed by atoms with E-state index < -0.39 is 30.2 Å². The molecule has 0 spiro atoms. The number of aryl methyl sites for hydroxylation is 2. The van der Waals surface area contributed by atoms with Crippen LogP contribution < -0.4 is 13.7 Å². The van der Waals surface area contributed by atoms with Gasteiger partial charge in [0.1, 0.15) is 11.6 Å². The van der Waals surface area contributed by atoms with Crippen molar-refractivity contribution in [1.82, 2.24) is 29.9 Å². The van der Waals surface area contributed by atoms with Gasteiger partial charge in [-0.25, -0.2) is 42.5 Å². The minimum Gasteiger partial charge on any atom is -0.367 e. The van der Waals surface area contributed by atoms with Crippen molar-refractivity contribution in [3.63, 3.8) is 0 Å². The summed E-state index contributed by atoms with van der Waals surface area (Å²) < 4.78 is 58.9. The van der Waals surface area contributed by atoms with Crippen molar-refractivity contribution < 1.29 is 17.6 Å². The van der Waals surface area contributed by atoms with E-state index in [2.05, 4.69) is 78.4 Å². The number of rotatable bonds is 17. The topological polar surface area (TPSA) is 101 Å². The zero-order valence-corrected chi connectivity index (χ0v) is 42.6. The first-order valence-corrected chi connectivity index (χ1v) is 32.9. The van der Waals surface area contributed by atoms with Gasteiger partial charge in [-0.2, -0.15) is 0 Å². The van der Waals surface area contributed by atoms with E-state index in [1.807, 2.05) is 19.9 Å². The summed E-state index contributed by atoms with van der Waals surface area (Å²) in [6, 6.07) is 3.72. The number of alkyl halides is 4. The predicted molar refractivity (Wildman–Crippen MR) is 252 cm³/mol. The maximum Gasteiger partial charge on any atom is 0.248 e. The van der Waals surface area contributed by atoms with E-state index >= 15 is 0 Å². The number of unbranched alkanes of at least 4 members (excludes halogenated alkanes) is 3. The van der Waals surface area contributed by atoms with Gasteiger partial charge in [-0.3, -0.25) is 0 Å². The van der Waals surface area contributed by atoms with Gasteiger partial charge in [0.25, 0.3) is 0 Å². The number of thiazole rings is 2. The molecule has 8 nitrogen and oxygen atoms in total. The molecule has 0 radical (unpaired) electrons. The summed E-state index contributed by atoms with van der Waals surface area (Å²) >= 11 is 7.16. The monoisotopic (exact) mass is 1030 g/mol. The average molecular weight is 1030 g/mol. The molecule has 4 saturated carbocycles. The molecule has 4 aliphatic carbocycles. The second-order valence-electron chi connectivity index (χ2n) is 18.2. The molecule has 0 aliphatic heterocycles. The maximum absolute atomic E-state index is 13.3. The van der Waals surface area contributed by atoms with Gasteiger partial charge < -0.3 is 10.6 Å². The molecule has 0 unspecified atom stereocenters. The van der Waals surface area contributed by atoms with E-state index in [-0.39, 0.29) is 43.1 Å². The van der Waals surface area contributed by atoms with Gasteiger partial charge in [0.15, 0.2) is 10.8 Å². The summed E-state index contributed by atoms with van der Waals surface area (Å²) in [4.78, 5) is 26.9. The Morgan fingerprint density at radius 2 is 1.06 bits per heavy atom. The molecule has 0 saturated heterocycles. The van der Waals surface area contributed by atoms with Gasteiger partial charge in [0, 0.05) is 72.6 Å². The van der Waals surface area contributed by atoms with Crippen LogP contribution in [0.3, 0.4) is 0 Å². The van der Waals surface area contributed by atoms with E-state index in [4.69, 9.17) is 16.6 Å². The Morgan fingerprint density at radius 1 is 0.613 bits per heavy atom. The van der Waals surface area contributed by atoms with Gasteiger partial charge in [-0.1, -0.05) is 0 Å². The number of hydrogen-bond acceptors (Lipinski definition) is 10. The molecule has 4 fully saturated rings. The van der Waals surface area contributed by atoms with Crippen LogP contribution >= 0.6 is 34.3 Å². The van der Waals surface area contributed by atoms with Crippen LogP contribution in [0.2, 0.25) is 18.6 Å². The molecule has 0 amide bonds. The van der Waals surface area contributed by atoms with Crippen LogP contribution in [0.15, 0.2) is 22.9 Å². The van der Waals surface area contributed by atoms with Gasteiger partial charge in [0.05, 0.1) is 5.69 Å². The van der Waals surface area contributed by atoms with Crippen LogP contribution in [0.4, 0.5) is 29.2 Å². The van der Waals surface area contributed by atoms with Crippen LogP contribution in [-0.2, 0) is 0 Å². The summed E-state index contributed by atoms with van der Waals surface area (Å²) in [6.07, 6.45) is 15.2. The fourth-order valence-electron chi connectivity index (χ4n) is 8.42. The molecule has 16 heteroatoms. The number of anilines is 2. The van der Waals surface area contributed by atoms with Crippen molar-refractivity contribution in [2.75, 3.05) is 10.6 Å². The SMILES string of the molecule is CCC[CH2][Sn]([CH2]CCC)([CH2]CCC)[c]1nc(C2CC2)cs1.Cc1cc(NC2CCC(F)(F)CC2)nc(-c2nc(C3CC3)cs2)n1.Cc1cc(NC2CCC(F)(F)CC2)nc(Cl)n1. The van der Waals surface area contributed by atoms with Gasteiger partial charge in [-0.15, -0.1) is 11.3 Å². The van der Waals surface area contributed by atoms with Crippen LogP contribution in [0, 0.1) is 13.8 Å². The molecule has 4 aromatic rings. The molecule has 4 aromatic heterocycles. The summed E-state index contributed by atoms with van der Waals surface area (Å²) in [5.41, 5.74) is 4.21. The van der Waals surface area contributed by atoms with E-state index in [9.17, 15) is 17.6 Å². The Hall–Kier alpha value is -2.17. The summed E-state index contributed by atoms with van der Waals surface area (Å²) in [5, 5.41) is 12.0. The fraction of sp³-hybridized carbons (Fsp3) is 0.696. The molecule has 4 aliphatic rings. The Morgan fingerprint density at radius 3 is 1.53 bits per heavy atom. The summed E-state index contributed by atoms with van der Waals surface area (Å²) in [5.74, 6) is -1.63.